The maximum Gasteiger partial charge on any atom is 0.300 e. The minimum Gasteiger partial charge on any atom is -0.481 e. The molecule has 36 heavy (non-hydrogen) atoms. The molecule has 18 nitrogen and oxygen atoms in total. The van der Waals surface area contributed by atoms with Gasteiger partial charge in [0.25, 0.3) is 35.8 Å². The van der Waals surface area contributed by atoms with E-state index in [0.29, 0.717) is 39.3 Å². The SMILES string of the molecule is CC(=O)O.CC(=O)O.CC(=O)O.CC(=O)O.CC(=O)O.CC(=O)O.NCCN.NCCN.NCCN. The predicted molar refractivity (Wildman–Crippen MR) is 134 cm³/mol. The number of carboxylic acid groups (broad SMARTS) is 6. The van der Waals surface area contributed by atoms with Crippen LogP contribution in [0.4, 0.5) is 0 Å². The normalized spacial score (nSPS) is 6.67. The summed E-state index contributed by atoms with van der Waals surface area (Å²) in [4.78, 5) is 54.0. The number of carbonyl (C=O) groups is 6. The Morgan fingerprint density at radius 2 is 0.361 bits per heavy atom. The van der Waals surface area contributed by atoms with Crippen molar-refractivity contribution in [2.24, 2.45) is 34.4 Å². The maximum absolute atomic E-state index is 9.00. The molecule has 0 aliphatic heterocycles. The summed E-state index contributed by atoms with van der Waals surface area (Å²) in [6, 6.07) is 0. The predicted octanol–water partition coefficient (Wildman–Crippen LogP) is -2.74. The van der Waals surface area contributed by atoms with Crippen LogP contribution in [0.3, 0.4) is 0 Å². The van der Waals surface area contributed by atoms with E-state index >= 15 is 0 Å². The van der Waals surface area contributed by atoms with Crippen molar-refractivity contribution in [2.75, 3.05) is 39.3 Å². The molecule has 0 aromatic heterocycles. The van der Waals surface area contributed by atoms with Gasteiger partial charge in [-0.3, -0.25) is 28.8 Å². The van der Waals surface area contributed by atoms with Crippen LogP contribution in [0.15, 0.2) is 0 Å². The van der Waals surface area contributed by atoms with Crippen molar-refractivity contribution < 1.29 is 59.4 Å². The van der Waals surface area contributed by atoms with Crippen LogP contribution >= 0.6 is 0 Å². The van der Waals surface area contributed by atoms with Crippen molar-refractivity contribution in [3.05, 3.63) is 0 Å². The molecule has 0 saturated carbocycles. The molecule has 0 aromatic carbocycles. The fourth-order valence-electron chi connectivity index (χ4n) is 0. The standard InChI is InChI=1S/3C2H8N2.6C2H4O2/c3*3-1-2-4;6*1-2(3)4/h3*1-4H2;6*1H3,(H,3,4). The zero-order chi connectivity index (χ0) is 31.7. The van der Waals surface area contributed by atoms with Crippen LogP contribution in [0.1, 0.15) is 41.5 Å². The molecule has 0 spiro atoms. The number of hydrogen-bond donors (Lipinski definition) is 12. The van der Waals surface area contributed by atoms with Gasteiger partial charge in [0.1, 0.15) is 0 Å². The highest BCUT2D eigenvalue weighted by Crippen LogP contribution is 1.44. The summed E-state index contributed by atoms with van der Waals surface area (Å²) < 4.78 is 0. The Balaban J connectivity index is -0.0000000325. The molecular formula is C18H48N6O12. The molecule has 0 radical (unpaired) electrons. The van der Waals surface area contributed by atoms with E-state index in [9.17, 15) is 0 Å². The maximum atomic E-state index is 9.00. The van der Waals surface area contributed by atoms with E-state index in [1.807, 2.05) is 0 Å². The molecule has 0 bridgehead atoms. The Labute approximate surface area is 211 Å². The second-order valence-electron chi connectivity index (χ2n) is 4.85. The van der Waals surface area contributed by atoms with Crippen molar-refractivity contribution in [1.82, 2.24) is 0 Å². The summed E-state index contributed by atoms with van der Waals surface area (Å²) in [6.07, 6.45) is 0. The second-order valence-corrected chi connectivity index (χ2v) is 4.85. The van der Waals surface area contributed by atoms with Crippen LogP contribution in [0.5, 0.6) is 0 Å². The van der Waals surface area contributed by atoms with E-state index in [4.69, 9.17) is 93.8 Å². The number of carboxylic acids is 6. The lowest BCUT2D eigenvalue weighted by Gasteiger charge is -1.72. The van der Waals surface area contributed by atoms with E-state index < -0.39 is 35.8 Å². The van der Waals surface area contributed by atoms with Crippen molar-refractivity contribution in [3.63, 3.8) is 0 Å². The molecule has 222 valence electrons. The third kappa shape index (κ3) is 152000. The zero-order valence-corrected chi connectivity index (χ0v) is 21.8. The summed E-state index contributed by atoms with van der Waals surface area (Å²) in [5.74, 6) is -5.00. The quantitative estimate of drug-likeness (QED) is 0.172. The van der Waals surface area contributed by atoms with Gasteiger partial charge in [-0.05, 0) is 0 Å². The third-order valence-corrected chi connectivity index (χ3v) is 0.500. The average molecular weight is 541 g/mol. The Morgan fingerprint density at radius 3 is 0.361 bits per heavy atom. The average Bonchev–Trinajstić information content (AvgIpc) is 2.65. The van der Waals surface area contributed by atoms with Gasteiger partial charge < -0.3 is 65.0 Å². The summed E-state index contributed by atoms with van der Waals surface area (Å²) in [5.41, 5.74) is 29.4. The van der Waals surface area contributed by atoms with Gasteiger partial charge in [0.15, 0.2) is 0 Å². The molecule has 0 aromatic rings. The molecule has 0 atom stereocenters. The van der Waals surface area contributed by atoms with E-state index in [1.165, 1.54) is 0 Å². The fourth-order valence-corrected chi connectivity index (χ4v) is 0. The number of rotatable bonds is 3. The molecule has 0 amide bonds. The molecule has 18 N–H and O–H groups in total. The highest BCUT2D eigenvalue weighted by molar-refractivity contribution is 5.64. The lowest BCUT2D eigenvalue weighted by Crippen LogP contribution is -2.11. The van der Waals surface area contributed by atoms with E-state index in [0.717, 1.165) is 41.5 Å². The van der Waals surface area contributed by atoms with E-state index in [2.05, 4.69) is 0 Å². The van der Waals surface area contributed by atoms with Gasteiger partial charge in [-0.1, -0.05) is 0 Å². The molecule has 0 unspecified atom stereocenters. The van der Waals surface area contributed by atoms with Crippen LogP contribution in [0.2, 0.25) is 0 Å². The first-order valence-electron chi connectivity index (χ1n) is 9.52. The van der Waals surface area contributed by atoms with E-state index in [-0.39, 0.29) is 0 Å². The van der Waals surface area contributed by atoms with Crippen molar-refractivity contribution in [1.29, 1.82) is 0 Å². The fraction of sp³-hybridized carbons (Fsp3) is 0.667. The van der Waals surface area contributed by atoms with Crippen LogP contribution < -0.4 is 34.4 Å². The van der Waals surface area contributed by atoms with Crippen LogP contribution in [-0.4, -0.2) is 106 Å². The Kier molecular flexibility index (Phi) is 113. The van der Waals surface area contributed by atoms with Gasteiger partial charge in [0.05, 0.1) is 0 Å². The van der Waals surface area contributed by atoms with Gasteiger partial charge in [-0.15, -0.1) is 0 Å². The summed E-state index contributed by atoms with van der Waals surface area (Å²) >= 11 is 0. The molecule has 0 aliphatic carbocycles. The van der Waals surface area contributed by atoms with Gasteiger partial charge >= 0.3 is 0 Å². The lowest BCUT2D eigenvalue weighted by molar-refractivity contribution is -0.135. The second kappa shape index (κ2) is 69.7. The highest BCUT2D eigenvalue weighted by atomic mass is 16.4. The first-order chi connectivity index (χ1) is 16.1. The largest absolute Gasteiger partial charge is 0.481 e. The van der Waals surface area contributed by atoms with Crippen LogP contribution in [0.25, 0.3) is 0 Å². The van der Waals surface area contributed by atoms with E-state index in [1.54, 1.807) is 0 Å². The van der Waals surface area contributed by atoms with Gasteiger partial charge in [0.2, 0.25) is 0 Å². The zero-order valence-electron chi connectivity index (χ0n) is 21.8. The summed E-state index contributed by atoms with van der Waals surface area (Å²) in [6.45, 7) is 10.1. The Bertz CT molecular complexity index is 349. The van der Waals surface area contributed by atoms with Gasteiger partial charge in [-0.25, -0.2) is 0 Å². The monoisotopic (exact) mass is 540 g/mol. The molecular weight excluding hydrogens is 492 g/mol. The molecule has 0 heterocycles. The van der Waals surface area contributed by atoms with Gasteiger partial charge in [0, 0.05) is 80.8 Å². The van der Waals surface area contributed by atoms with Gasteiger partial charge in [-0.2, -0.15) is 0 Å². The van der Waals surface area contributed by atoms with Crippen LogP contribution in [0, 0.1) is 0 Å². The third-order valence-electron chi connectivity index (χ3n) is 0.500. The van der Waals surface area contributed by atoms with Crippen molar-refractivity contribution in [2.45, 2.75) is 41.5 Å². The Hall–Kier alpha value is -3.42. The first kappa shape index (κ1) is 58.4. The molecule has 0 rings (SSSR count). The molecule has 0 fully saturated rings. The first-order valence-corrected chi connectivity index (χ1v) is 9.52. The Morgan fingerprint density at radius 1 is 0.333 bits per heavy atom. The number of nitrogens with two attached hydrogens (primary N) is 6. The smallest absolute Gasteiger partial charge is 0.300 e. The number of aliphatic carboxylic acids is 6. The summed E-state index contributed by atoms with van der Waals surface area (Å²) in [5, 5.41) is 44.5. The molecule has 0 saturated heterocycles. The minimum atomic E-state index is -0.833. The van der Waals surface area contributed by atoms with Crippen LogP contribution in [-0.2, 0) is 28.8 Å². The lowest BCUT2D eigenvalue weighted by atomic mass is 10.7. The molecule has 18 heteroatoms. The minimum absolute atomic E-state index is 0.597. The topological polar surface area (TPSA) is 380 Å². The highest BCUT2D eigenvalue weighted by Gasteiger charge is 1.67. The van der Waals surface area contributed by atoms with Crippen molar-refractivity contribution in [3.8, 4) is 0 Å². The number of hydrogen-bond acceptors (Lipinski definition) is 12. The summed E-state index contributed by atoms with van der Waals surface area (Å²) in [7, 11) is 0. The van der Waals surface area contributed by atoms with Crippen molar-refractivity contribution >= 4 is 35.8 Å². The molecule has 0 aliphatic rings.